The Morgan fingerprint density at radius 3 is 2.57 bits per heavy atom. The average Bonchev–Trinajstić information content (AvgIpc) is 2.88. The molecule has 0 saturated carbocycles. The van der Waals surface area contributed by atoms with Crippen LogP contribution < -0.4 is 5.32 Å². The van der Waals surface area contributed by atoms with Gasteiger partial charge < -0.3 is 14.8 Å². The number of nitrogens with one attached hydrogen (secondary N) is 1. The molecule has 0 aliphatic heterocycles. The predicted octanol–water partition coefficient (Wildman–Crippen LogP) is 3.79. The maximum absolute atomic E-state index is 12.3. The molecule has 2 amide bonds. The lowest BCUT2D eigenvalue weighted by molar-refractivity contribution is 0.222. The van der Waals surface area contributed by atoms with Crippen LogP contribution in [0.3, 0.4) is 0 Å². The van der Waals surface area contributed by atoms with Crippen LogP contribution >= 0.6 is 11.6 Å². The highest BCUT2D eigenvalue weighted by Crippen LogP contribution is 2.25. The number of halogens is 1. The van der Waals surface area contributed by atoms with E-state index in [9.17, 15) is 4.79 Å². The van der Waals surface area contributed by atoms with Gasteiger partial charge in [-0.25, -0.2) is 9.78 Å². The highest BCUT2D eigenvalue weighted by Gasteiger charge is 2.12. The smallest absolute Gasteiger partial charge is 0.321 e. The molecular weight excluding hydrogens is 312 g/mol. The lowest BCUT2D eigenvalue weighted by atomic mass is 10.1. The van der Waals surface area contributed by atoms with Crippen molar-refractivity contribution in [2.24, 2.45) is 7.05 Å². The zero-order chi connectivity index (χ0) is 17.0. The predicted molar refractivity (Wildman–Crippen MR) is 94.1 cm³/mol. The maximum atomic E-state index is 12.3. The minimum Gasteiger partial charge on any atom is -0.338 e. The average molecular weight is 335 g/mol. The molecule has 1 N–H and O–H groups in total. The fraction of sp³-hybridized carbons (Fsp3) is 0.412. The number of amides is 2. The number of aryl methyl sites for hydroxylation is 4. The Labute approximate surface area is 142 Å². The molecule has 0 aliphatic carbocycles. The van der Waals surface area contributed by atoms with Gasteiger partial charge in [-0.3, -0.25) is 0 Å². The van der Waals surface area contributed by atoms with Crippen LogP contribution in [0.5, 0.6) is 0 Å². The number of aromatic nitrogens is 2. The van der Waals surface area contributed by atoms with E-state index in [1.54, 1.807) is 18.1 Å². The van der Waals surface area contributed by atoms with E-state index in [0.717, 1.165) is 35.5 Å². The van der Waals surface area contributed by atoms with Crippen molar-refractivity contribution in [2.75, 3.05) is 18.9 Å². The number of hydrogen-bond acceptors (Lipinski definition) is 2. The second kappa shape index (κ2) is 7.51. The number of imidazole rings is 1. The summed E-state index contributed by atoms with van der Waals surface area (Å²) in [5.41, 5.74) is 2.75. The summed E-state index contributed by atoms with van der Waals surface area (Å²) in [4.78, 5) is 18.3. The molecule has 0 bridgehead atoms. The molecule has 0 unspecified atom stereocenters. The normalized spacial score (nSPS) is 10.7. The summed E-state index contributed by atoms with van der Waals surface area (Å²) >= 11 is 6.02. The Morgan fingerprint density at radius 2 is 2.00 bits per heavy atom. The van der Waals surface area contributed by atoms with Gasteiger partial charge in [0.2, 0.25) is 0 Å². The summed E-state index contributed by atoms with van der Waals surface area (Å²) in [5, 5.41) is 3.65. The molecule has 2 rings (SSSR count). The largest absolute Gasteiger partial charge is 0.338 e. The third kappa shape index (κ3) is 4.48. The van der Waals surface area contributed by atoms with Gasteiger partial charge in [-0.1, -0.05) is 11.6 Å². The molecule has 6 heteroatoms. The van der Waals surface area contributed by atoms with Crippen LogP contribution in [0, 0.1) is 13.8 Å². The molecule has 23 heavy (non-hydrogen) atoms. The molecule has 1 heterocycles. The van der Waals surface area contributed by atoms with Gasteiger partial charge in [-0.2, -0.15) is 0 Å². The molecule has 0 saturated heterocycles. The summed E-state index contributed by atoms with van der Waals surface area (Å²) in [7, 11) is 3.78. The zero-order valence-corrected chi connectivity index (χ0v) is 14.8. The minimum absolute atomic E-state index is 0.113. The van der Waals surface area contributed by atoms with Crippen LogP contribution in [0.25, 0.3) is 0 Å². The van der Waals surface area contributed by atoms with Crippen LogP contribution in [-0.2, 0) is 13.5 Å². The van der Waals surface area contributed by atoms with Crippen molar-refractivity contribution in [2.45, 2.75) is 26.7 Å². The number of urea groups is 1. The molecule has 0 atom stereocenters. The molecule has 0 aliphatic rings. The maximum Gasteiger partial charge on any atom is 0.321 e. The fourth-order valence-corrected chi connectivity index (χ4v) is 2.85. The molecule has 1 aromatic carbocycles. The first-order valence-corrected chi connectivity index (χ1v) is 8.01. The number of rotatable bonds is 5. The van der Waals surface area contributed by atoms with Gasteiger partial charge >= 0.3 is 6.03 Å². The first-order chi connectivity index (χ1) is 10.9. The number of carbonyl (C=O) groups excluding carboxylic acids is 1. The quantitative estimate of drug-likeness (QED) is 0.904. The Bertz CT molecular complexity index is 673. The lowest BCUT2D eigenvalue weighted by Crippen LogP contribution is -2.32. The summed E-state index contributed by atoms with van der Waals surface area (Å²) in [6, 6.07) is 3.59. The number of benzene rings is 1. The summed E-state index contributed by atoms with van der Waals surface area (Å²) in [6.07, 6.45) is 5.43. The lowest BCUT2D eigenvalue weighted by Gasteiger charge is -2.20. The number of anilines is 1. The molecule has 0 radical (unpaired) electrons. The second-order valence-corrected chi connectivity index (χ2v) is 6.26. The van der Waals surface area contributed by atoms with Gasteiger partial charge in [-0.15, -0.1) is 0 Å². The number of nitrogens with zero attached hydrogens (tertiary/aromatic N) is 3. The Kier molecular flexibility index (Phi) is 5.66. The van der Waals surface area contributed by atoms with E-state index in [1.807, 2.05) is 43.8 Å². The van der Waals surface area contributed by atoms with Crippen molar-refractivity contribution in [3.05, 3.63) is 46.5 Å². The van der Waals surface area contributed by atoms with E-state index >= 15 is 0 Å². The van der Waals surface area contributed by atoms with Gasteiger partial charge in [0, 0.05) is 50.2 Å². The molecule has 124 valence electrons. The van der Waals surface area contributed by atoms with E-state index in [2.05, 4.69) is 10.3 Å². The Morgan fingerprint density at radius 1 is 1.35 bits per heavy atom. The van der Waals surface area contributed by atoms with E-state index in [0.29, 0.717) is 11.6 Å². The second-order valence-electron chi connectivity index (χ2n) is 5.82. The van der Waals surface area contributed by atoms with Crippen molar-refractivity contribution < 1.29 is 4.79 Å². The molecule has 1 aromatic heterocycles. The standard InChI is InChI=1S/C17H23ClN4O/c1-12-10-14(18)11-13(2)16(12)20-17(23)22(4)8-5-6-15-19-7-9-21(15)3/h7,9-11H,5-6,8H2,1-4H3,(H,20,23). The first-order valence-electron chi connectivity index (χ1n) is 7.63. The van der Waals surface area contributed by atoms with Crippen LogP contribution in [0.1, 0.15) is 23.4 Å². The molecule has 0 fully saturated rings. The van der Waals surface area contributed by atoms with E-state index in [4.69, 9.17) is 11.6 Å². The highest BCUT2D eigenvalue weighted by atomic mass is 35.5. The van der Waals surface area contributed by atoms with Crippen molar-refractivity contribution >= 4 is 23.3 Å². The Hall–Kier alpha value is -2.01. The molecular formula is C17H23ClN4O. The number of carbonyl (C=O) groups is 1. The highest BCUT2D eigenvalue weighted by molar-refractivity contribution is 6.30. The van der Waals surface area contributed by atoms with Gasteiger partial charge in [0.15, 0.2) is 0 Å². The third-order valence-electron chi connectivity index (χ3n) is 3.89. The van der Waals surface area contributed by atoms with Gasteiger partial charge in [0.25, 0.3) is 0 Å². The van der Waals surface area contributed by atoms with Crippen LogP contribution in [0.2, 0.25) is 5.02 Å². The van der Waals surface area contributed by atoms with Crippen molar-refractivity contribution in [1.29, 1.82) is 0 Å². The van der Waals surface area contributed by atoms with Crippen LogP contribution in [-0.4, -0.2) is 34.1 Å². The van der Waals surface area contributed by atoms with Crippen molar-refractivity contribution in [1.82, 2.24) is 14.5 Å². The molecule has 5 nitrogen and oxygen atoms in total. The van der Waals surface area contributed by atoms with Gasteiger partial charge in [0.05, 0.1) is 0 Å². The number of hydrogen-bond donors (Lipinski definition) is 1. The first kappa shape index (κ1) is 17.3. The van der Waals surface area contributed by atoms with Crippen molar-refractivity contribution in [3.63, 3.8) is 0 Å². The Balaban J connectivity index is 1.89. The minimum atomic E-state index is -0.113. The van der Waals surface area contributed by atoms with E-state index in [1.165, 1.54) is 0 Å². The third-order valence-corrected chi connectivity index (χ3v) is 4.11. The monoisotopic (exact) mass is 334 g/mol. The van der Waals surface area contributed by atoms with Crippen LogP contribution in [0.4, 0.5) is 10.5 Å². The van der Waals surface area contributed by atoms with Gasteiger partial charge in [-0.05, 0) is 43.5 Å². The van der Waals surface area contributed by atoms with Crippen LogP contribution in [0.15, 0.2) is 24.5 Å². The fourth-order valence-electron chi connectivity index (χ4n) is 2.52. The summed E-state index contributed by atoms with van der Waals surface area (Å²) < 4.78 is 2.00. The van der Waals surface area contributed by atoms with E-state index in [-0.39, 0.29) is 6.03 Å². The molecule has 2 aromatic rings. The summed E-state index contributed by atoms with van der Waals surface area (Å²) in [5.74, 6) is 1.03. The molecule has 0 spiro atoms. The SMILES string of the molecule is Cc1cc(Cl)cc(C)c1NC(=O)N(C)CCCc1nccn1C. The zero-order valence-electron chi connectivity index (χ0n) is 14.1. The topological polar surface area (TPSA) is 50.2 Å². The van der Waals surface area contributed by atoms with Crippen molar-refractivity contribution in [3.8, 4) is 0 Å². The van der Waals surface area contributed by atoms with Gasteiger partial charge in [0.1, 0.15) is 5.82 Å². The van der Waals surface area contributed by atoms with E-state index < -0.39 is 0 Å². The summed E-state index contributed by atoms with van der Waals surface area (Å²) in [6.45, 7) is 4.55.